The van der Waals surface area contributed by atoms with Gasteiger partial charge in [-0.2, -0.15) is 0 Å². The Morgan fingerprint density at radius 2 is 1.82 bits per heavy atom. The molecule has 1 N–H and O–H groups in total. The molecule has 2 aliphatic rings. The van der Waals surface area contributed by atoms with Crippen molar-refractivity contribution in [1.29, 1.82) is 0 Å². The second kappa shape index (κ2) is 24.4. The minimum atomic E-state index is 0.339. The molecule has 1 aromatic rings. The van der Waals surface area contributed by atoms with Crippen molar-refractivity contribution in [3.05, 3.63) is 35.9 Å². The largest absolute Gasteiger partial charge is 0.454 e. The van der Waals surface area contributed by atoms with Crippen LogP contribution < -0.4 is 14.8 Å². The third kappa shape index (κ3) is 16.9. The van der Waals surface area contributed by atoms with Gasteiger partial charge < -0.3 is 14.8 Å². The van der Waals surface area contributed by atoms with Crippen LogP contribution in [0.1, 0.15) is 73.3 Å². The van der Waals surface area contributed by atoms with E-state index in [-0.39, 0.29) is 0 Å². The number of rotatable bonds is 7. The number of nitrogens with one attached hydrogen (secondary N) is 1. The Balaban J connectivity index is 0. The Kier molecular flexibility index (Phi) is 24.3. The van der Waals surface area contributed by atoms with Crippen molar-refractivity contribution in [3.63, 3.8) is 0 Å². The van der Waals surface area contributed by atoms with Crippen molar-refractivity contribution in [1.82, 2.24) is 10.2 Å². The van der Waals surface area contributed by atoms with Crippen molar-refractivity contribution in [2.75, 3.05) is 39.6 Å². The first-order valence-corrected chi connectivity index (χ1v) is 12.4. The molecule has 188 valence electrons. The maximum Gasteiger partial charge on any atom is 0.231 e. The van der Waals surface area contributed by atoms with Crippen LogP contribution in [0.15, 0.2) is 35.3 Å². The van der Waals surface area contributed by atoms with E-state index in [0.717, 1.165) is 43.3 Å². The summed E-state index contributed by atoms with van der Waals surface area (Å²) in [7, 11) is 0. The molecule has 0 radical (unpaired) electrons. The lowest BCUT2D eigenvalue weighted by molar-refractivity contribution is 0.173. The normalized spacial score (nSPS) is 13.5. The summed E-state index contributed by atoms with van der Waals surface area (Å²) in [6.45, 7) is 23.0. The number of aliphatic imine (C=N–C) groups is 1. The van der Waals surface area contributed by atoms with E-state index in [1.807, 2.05) is 59.9 Å². The molecule has 1 aromatic carbocycles. The highest BCUT2D eigenvalue weighted by molar-refractivity contribution is 5.53. The summed E-state index contributed by atoms with van der Waals surface area (Å²) in [6, 6.07) is 6.02. The fourth-order valence-corrected chi connectivity index (χ4v) is 3.01. The van der Waals surface area contributed by atoms with Crippen LogP contribution >= 0.6 is 0 Å². The number of benzene rings is 1. The van der Waals surface area contributed by atoms with Crippen molar-refractivity contribution in [3.8, 4) is 23.8 Å². The van der Waals surface area contributed by atoms with Gasteiger partial charge in [0.15, 0.2) is 11.5 Å². The first-order chi connectivity index (χ1) is 16.1. The second-order valence-electron chi connectivity index (χ2n) is 7.08. The molecule has 0 atom stereocenters. The summed E-state index contributed by atoms with van der Waals surface area (Å²) in [4.78, 5) is 6.60. The Morgan fingerprint density at radius 3 is 2.39 bits per heavy atom. The van der Waals surface area contributed by atoms with E-state index in [1.54, 1.807) is 6.92 Å². The monoisotopic (exact) mass is 459 g/mol. The number of ether oxygens (including phenoxy) is 2. The zero-order valence-corrected chi connectivity index (χ0v) is 22.4. The predicted octanol–water partition coefficient (Wildman–Crippen LogP) is 6.34. The predicted molar refractivity (Wildman–Crippen MR) is 146 cm³/mol. The van der Waals surface area contributed by atoms with Crippen LogP contribution in [0.25, 0.3) is 0 Å². The highest BCUT2D eigenvalue weighted by Gasteiger charge is 2.16. The van der Waals surface area contributed by atoms with Gasteiger partial charge in [-0.05, 0) is 77.5 Å². The van der Waals surface area contributed by atoms with E-state index in [1.165, 1.54) is 37.9 Å². The van der Waals surface area contributed by atoms with E-state index in [4.69, 9.17) is 9.47 Å². The van der Waals surface area contributed by atoms with Gasteiger partial charge in [-0.15, -0.1) is 12.3 Å². The molecule has 2 heterocycles. The van der Waals surface area contributed by atoms with Crippen LogP contribution in [-0.4, -0.2) is 50.8 Å². The van der Waals surface area contributed by atoms with Gasteiger partial charge in [-0.1, -0.05) is 58.4 Å². The average molecular weight is 460 g/mol. The van der Waals surface area contributed by atoms with Gasteiger partial charge in [0.25, 0.3) is 0 Å². The summed E-state index contributed by atoms with van der Waals surface area (Å²) in [5.74, 6) is 4.01. The molecule has 5 heteroatoms. The van der Waals surface area contributed by atoms with Gasteiger partial charge in [-0.3, -0.25) is 9.89 Å². The first-order valence-electron chi connectivity index (χ1n) is 12.4. The Labute approximate surface area is 204 Å². The van der Waals surface area contributed by atoms with Gasteiger partial charge >= 0.3 is 0 Å². The van der Waals surface area contributed by atoms with Crippen molar-refractivity contribution < 1.29 is 9.47 Å². The molecule has 0 amide bonds. The van der Waals surface area contributed by atoms with Gasteiger partial charge in [0.2, 0.25) is 6.79 Å². The number of nitrogens with zero attached hydrogens (tertiary/aromatic N) is 2. The molecule has 1 saturated heterocycles. The van der Waals surface area contributed by atoms with Crippen LogP contribution in [-0.2, 0) is 6.42 Å². The number of hydrogen-bond acceptors (Lipinski definition) is 5. The quantitative estimate of drug-likeness (QED) is 0.224. The molecule has 0 spiro atoms. The summed E-state index contributed by atoms with van der Waals surface area (Å²) in [5.41, 5.74) is 2.35. The minimum Gasteiger partial charge on any atom is -0.454 e. The molecule has 0 unspecified atom stereocenters. The molecule has 1 fully saturated rings. The maximum absolute atomic E-state index is 5.44. The Hall–Kier alpha value is -2.29. The third-order valence-corrected chi connectivity index (χ3v) is 4.39. The summed E-state index contributed by atoms with van der Waals surface area (Å²) in [5, 5.41) is 3.33. The lowest BCUT2D eigenvalue weighted by Crippen LogP contribution is -2.29. The zero-order valence-electron chi connectivity index (χ0n) is 22.4. The molecular formula is C28H49N3O2. The van der Waals surface area contributed by atoms with Crippen molar-refractivity contribution in [2.24, 2.45) is 4.99 Å². The molecule has 3 rings (SSSR count). The molecule has 0 aromatic heterocycles. The molecule has 5 nitrogen and oxygen atoms in total. The lowest BCUT2D eigenvalue weighted by atomic mass is 10.1. The van der Waals surface area contributed by atoms with Gasteiger partial charge in [-0.25, -0.2) is 0 Å². The van der Waals surface area contributed by atoms with E-state index in [9.17, 15) is 0 Å². The van der Waals surface area contributed by atoms with E-state index in [2.05, 4.69) is 40.2 Å². The average Bonchev–Trinajstić information content (AvgIpc) is 3.34. The van der Waals surface area contributed by atoms with Crippen LogP contribution in [0.5, 0.6) is 11.5 Å². The van der Waals surface area contributed by atoms with Crippen molar-refractivity contribution in [2.45, 2.75) is 74.1 Å². The van der Waals surface area contributed by atoms with Crippen LogP contribution in [0.4, 0.5) is 0 Å². The van der Waals surface area contributed by atoms with Crippen molar-refractivity contribution >= 4 is 6.21 Å². The summed E-state index contributed by atoms with van der Waals surface area (Å²) >= 11 is 0. The SMILES string of the molecule is C#CC.C/C=N\CN1CCCCC1.C=C(C)CNCCc1cccc2c1OCO2.CC.CC. The number of terminal acetylenes is 1. The highest BCUT2D eigenvalue weighted by atomic mass is 16.7. The maximum atomic E-state index is 5.44. The number of para-hydroxylation sites is 1. The number of hydrogen-bond donors (Lipinski definition) is 1. The Morgan fingerprint density at radius 1 is 1.18 bits per heavy atom. The van der Waals surface area contributed by atoms with E-state index < -0.39 is 0 Å². The smallest absolute Gasteiger partial charge is 0.231 e. The zero-order chi connectivity index (χ0) is 25.3. The summed E-state index contributed by atoms with van der Waals surface area (Å²) < 4.78 is 10.8. The molecule has 0 aliphatic carbocycles. The van der Waals surface area contributed by atoms with E-state index >= 15 is 0 Å². The number of piperidine rings is 1. The molecule has 33 heavy (non-hydrogen) atoms. The topological polar surface area (TPSA) is 46.1 Å². The first kappa shape index (κ1) is 32.9. The highest BCUT2D eigenvalue weighted by Crippen LogP contribution is 2.35. The Bertz CT molecular complexity index is 660. The summed E-state index contributed by atoms with van der Waals surface area (Å²) in [6.07, 6.45) is 11.6. The fraction of sp³-hybridized carbons (Fsp3) is 0.607. The molecule has 0 bridgehead atoms. The second-order valence-corrected chi connectivity index (χ2v) is 7.08. The third-order valence-electron chi connectivity index (χ3n) is 4.39. The fourth-order valence-electron chi connectivity index (χ4n) is 3.01. The molecule has 2 aliphatic heterocycles. The van der Waals surface area contributed by atoms with E-state index in [0.29, 0.717) is 6.79 Å². The van der Waals surface area contributed by atoms with Gasteiger partial charge in [0, 0.05) is 6.54 Å². The molecular weight excluding hydrogens is 410 g/mol. The van der Waals surface area contributed by atoms with Crippen LogP contribution in [0, 0.1) is 12.3 Å². The molecule has 0 saturated carbocycles. The van der Waals surface area contributed by atoms with Gasteiger partial charge in [0.05, 0.1) is 6.67 Å². The van der Waals surface area contributed by atoms with Crippen LogP contribution in [0.3, 0.4) is 0 Å². The van der Waals surface area contributed by atoms with Gasteiger partial charge in [0.1, 0.15) is 0 Å². The lowest BCUT2D eigenvalue weighted by Gasteiger charge is -2.24. The number of fused-ring (bicyclic) bond motifs is 1. The minimum absolute atomic E-state index is 0.339. The van der Waals surface area contributed by atoms with Crippen LogP contribution in [0.2, 0.25) is 0 Å². The standard InChI is InChI=1S/C13H17NO2.C8H16N2.C3H4.2C2H6/c1-10(2)8-14-7-6-11-4-3-5-12-13(11)16-9-15-12;1-2-9-8-10-6-4-3-5-7-10;1-3-2;2*1-2/h3-5,14H,1,6-9H2,2H3;2H,3-8H2,1H3;1H,2H3;2*1-2H3/b;9-2-;;;. The number of likely N-dealkylation sites (tertiary alicyclic amines) is 1.